The van der Waals surface area contributed by atoms with Gasteiger partial charge in [-0.15, -0.1) is 0 Å². The molecule has 2 fully saturated rings. The molecule has 2 heterocycles. The molecule has 28 heavy (non-hydrogen) atoms. The van der Waals surface area contributed by atoms with Crippen LogP contribution in [0, 0.1) is 6.92 Å². The minimum atomic E-state index is -4.48. The van der Waals surface area contributed by atoms with Gasteiger partial charge in [0, 0.05) is 17.1 Å². The predicted octanol–water partition coefficient (Wildman–Crippen LogP) is 4.77. The Bertz CT molecular complexity index is 871. The highest BCUT2D eigenvalue weighted by Crippen LogP contribution is 2.45. The summed E-state index contributed by atoms with van der Waals surface area (Å²) in [4.78, 5) is 13.1. The smallest absolute Gasteiger partial charge is 0.343 e. The summed E-state index contributed by atoms with van der Waals surface area (Å²) in [7, 11) is 0. The molecule has 2 N–H and O–H groups in total. The number of fused-ring (bicyclic) bond motifs is 2. The quantitative estimate of drug-likeness (QED) is 0.792. The number of alkyl halides is 3. The van der Waals surface area contributed by atoms with Crippen molar-refractivity contribution in [1.29, 1.82) is 0 Å². The highest BCUT2D eigenvalue weighted by molar-refractivity contribution is 5.96. The number of carbonyl (C=O) groups excluding carboxylic acids is 1. The lowest BCUT2D eigenvalue weighted by Gasteiger charge is -2.37. The van der Waals surface area contributed by atoms with E-state index in [0.717, 1.165) is 37.3 Å². The lowest BCUT2D eigenvalue weighted by atomic mass is 9.78. The molecule has 2 aliphatic heterocycles. The second kappa shape index (κ2) is 6.92. The molecule has 0 aliphatic carbocycles. The first-order chi connectivity index (χ1) is 13.3. The topological polar surface area (TPSA) is 41.1 Å². The van der Waals surface area contributed by atoms with Crippen molar-refractivity contribution >= 4 is 5.91 Å². The van der Waals surface area contributed by atoms with Gasteiger partial charge in [0.05, 0.1) is 11.6 Å². The van der Waals surface area contributed by atoms with E-state index in [1.807, 2.05) is 30.3 Å². The van der Waals surface area contributed by atoms with Crippen LogP contribution < -0.4 is 10.6 Å². The van der Waals surface area contributed by atoms with Gasteiger partial charge in [-0.1, -0.05) is 36.4 Å². The molecule has 2 aliphatic rings. The number of halogens is 3. The maximum Gasteiger partial charge on any atom is 0.416 e. The first kappa shape index (κ1) is 19.0. The molecule has 0 aromatic heterocycles. The van der Waals surface area contributed by atoms with Crippen LogP contribution in [-0.2, 0) is 6.18 Å². The van der Waals surface area contributed by atoms with Gasteiger partial charge in [-0.05, 0) is 55.9 Å². The summed E-state index contributed by atoms with van der Waals surface area (Å²) < 4.78 is 39.7. The van der Waals surface area contributed by atoms with Gasteiger partial charge in [0.2, 0.25) is 0 Å². The summed E-state index contributed by atoms with van der Waals surface area (Å²) in [6.45, 7) is 1.35. The van der Waals surface area contributed by atoms with Gasteiger partial charge in [0.1, 0.15) is 0 Å². The minimum absolute atomic E-state index is 0.0412. The summed E-state index contributed by atoms with van der Waals surface area (Å²) >= 11 is 0. The van der Waals surface area contributed by atoms with Crippen LogP contribution in [0.4, 0.5) is 13.2 Å². The van der Waals surface area contributed by atoms with Gasteiger partial charge in [-0.3, -0.25) is 4.79 Å². The van der Waals surface area contributed by atoms with Crippen LogP contribution in [0.25, 0.3) is 0 Å². The van der Waals surface area contributed by atoms with Crippen molar-refractivity contribution in [2.45, 2.75) is 56.4 Å². The van der Waals surface area contributed by atoms with Crippen LogP contribution in [-0.4, -0.2) is 17.5 Å². The summed E-state index contributed by atoms with van der Waals surface area (Å²) in [6, 6.07) is 13.6. The van der Waals surface area contributed by atoms with Crippen molar-refractivity contribution in [3.8, 4) is 0 Å². The second-order valence-corrected chi connectivity index (χ2v) is 7.87. The van der Waals surface area contributed by atoms with Gasteiger partial charge >= 0.3 is 6.18 Å². The summed E-state index contributed by atoms with van der Waals surface area (Å²) in [5.74, 6) is -0.469. The van der Waals surface area contributed by atoms with Crippen LogP contribution in [0.2, 0.25) is 0 Å². The molecule has 0 radical (unpaired) electrons. The van der Waals surface area contributed by atoms with Gasteiger partial charge in [0.15, 0.2) is 0 Å². The van der Waals surface area contributed by atoms with Crippen LogP contribution in [0.15, 0.2) is 48.5 Å². The molecule has 1 amide bonds. The Hall–Kier alpha value is -2.34. The van der Waals surface area contributed by atoms with Crippen LogP contribution in [0.3, 0.4) is 0 Å². The first-order valence-electron chi connectivity index (χ1n) is 9.60. The number of benzene rings is 2. The Labute approximate surface area is 162 Å². The van der Waals surface area contributed by atoms with E-state index in [0.29, 0.717) is 6.04 Å². The van der Waals surface area contributed by atoms with E-state index >= 15 is 0 Å². The monoisotopic (exact) mass is 388 g/mol. The van der Waals surface area contributed by atoms with E-state index in [-0.39, 0.29) is 22.7 Å². The Morgan fingerprint density at radius 2 is 1.79 bits per heavy atom. The van der Waals surface area contributed by atoms with E-state index in [2.05, 4.69) is 10.6 Å². The lowest BCUT2D eigenvalue weighted by Crippen LogP contribution is -2.50. The fourth-order valence-electron chi connectivity index (χ4n) is 4.78. The van der Waals surface area contributed by atoms with E-state index in [9.17, 15) is 18.0 Å². The van der Waals surface area contributed by atoms with Crippen molar-refractivity contribution in [3.63, 3.8) is 0 Å². The molecule has 4 rings (SSSR count). The molecule has 0 saturated carbocycles. The van der Waals surface area contributed by atoms with Crippen molar-refractivity contribution in [3.05, 3.63) is 70.8 Å². The van der Waals surface area contributed by atoms with Gasteiger partial charge in [-0.2, -0.15) is 13.2 Å². The molecular weight excluding hydrogens is 365 g/mol. The third kappa shape index (κ3) is 3.30. The van der Waals surface area contributed by atoms with Crippen LogP contribution >= 0.6 is 0 Å². The zero-order chi connectivity index (χ0) is 19.9. The molecule has 2 bridgehead atoms. The van der Waals surface area contributed by atoms with E-state index < -0.39 is 17.6 Å². The average molecular weight is 388 g/mol. The third-order valence-corrected chi connectivity index (χ3v) is 6.21. The minimum Gasteiger partial charge on any atom is -0.343 e. The third-order valence-electron chi connectivity index (χ3n) is 6.21. The number of hydrogen-bond donors (Lipinski definition) is 2. The van der Waals surface area contributed by atoms with Gasteiger partial charge in [0.25, 0.3) is 5.91 Å². The van der Waals surface area contributed by atoms with E-state index in [1.54, 1.807) is 0 Å². The fourth-order valence-corrected chi connectivity index (χ4v) is 4.78. The zero-order valence-corrected chi connectivity index (χ0v) is 15.6. The molecule has 3 nitrogen and oxygen atoms in total. The standard InChI is InChI=1S/C22H23F3N2O/c1-14-17(8-5-9-18(14)22(23,24)25)20(28)26-19(15-6-3-2-4-7-15)21-12-10-16(27-21)11-13-21/h2-9,16,19,27H,10-13H2,1H3,(H,26,28). The molecule has 1 atom stereocenters. The Morgan fingerprint density at radius 3 is 2.36 bits per heavy atom. The molecule has 2 aromatic rings. The molecule has 2 saturated heterocycles. The highest BCUT2D eigenvalue weighted by atomic mass is 19.4. The Balaban J connectivity index is 1.68. The second-order valence-electron chi connectivity index (χ2n) is 7.87. The van der Waals surface area contributed by atoms with Crippen LogP contribution in [0.5, 0.6) is 0 Å². The first-order valence-corrected chi connectivity index (χ1v) is 9.60. The average Bonchev–Trinajstić information content (AvgIpc) is 3.28. The largest absolute Gasteiger partial charge is 0.416 e. The van der Waals surface area contributed by atoms with Crippen molar-refractivity contribution < 1.29 is 18.0 Å². The molecular formula is C22H23F3N2O. The Morgan fingerprint density at radius 1 is 1.11 bits per heavy atom. The maximum absolute atomic E-state index is 13.2. The number of carbonyl (C=O) groups is 1. The molecule has 6 heteroatoms. The Kier molecular flexibility index (Phi) is 4.70. The summed E-state index contributed by atoms with van der Waals surface area (Å²) in [6.07, 6.45) is -0.481. The number of nitrogens with one attached hydrogen (secondary N) is 2. The van der Waals surface area contributed by atoms with E-state index in [1.165, 1.54) is 19.1 Å². The molecule has 1 unspecified atom stereocenters. The van der Waals surface area contributed by atoms with Gasteiger partial charge < -0.3 is 10.6 Å². The van der Waals surface area contributed by atoms with E-state index in [4.69, 9.17) is 0 Å². The van der Waals surface area contributed by atoms with Gasteiger partial charge in [-0.25, -0.2) is 0 Å². The maximum atomic E-state index is 13.2. The van der Waals surface area contributed by atoms with Crippen LogP contribution in [0.1, 0.15) is 58.8 Å². The number of rotatable bonds is 4. The van der Waals surface area contributed by atoms with Crippen molar-refractivity contribution in [2.24, 2.45) is 0 Å². The summed E-state index contributed by atoms with van der Waals surface area (Å²) in [5, 5.41) is 6.71. The molecule has 0 spiro atoms. The molecule has 148 valence electrons. The van der Waals surface area contributed by atoms with Crippen molar-refractivity contribution in [1.82, 2.24) is 10.6 Å². The molecule has 2 aromatic carbocycles. The SMILES string of the molecule is Cc1c(C(=O)NC(c2ccccc2)C23CCC(CC2)N3)cccc1C(F)(F)F. The fraction of sp³-hybridized carbons (Fsp3) is 0.409. The highest BCUT2D eigenvalue weighted by Gasteiger charge is 2.50. The summed E-state index contributed by atoms with van der Waals surface area (Å²) in [5.41, 5.74) is -0.0118. The number of hydrogen-bond acceptors (Lipinski definition) is 2. The predicted molar refractivity (Wildman–Crippen MR) is 101 cm³/mol. The normalized spacial score (nSPS) is 24.9. The lowest BCUT2D eigenvalue weighted by molar-refractivity contribution is -0.138. The number of amides is 1. The van der Waals surface area contributed by atoms with Crippen molar-refractivity contribution in [2.75, 3.05) is 0 Å². The zero-order valence-electron chi connectivity index (χ0n) is 15.6.